The molecule has 0 aliphatic rings. The molecular formula is C13H11BrCl2FNS. The quantitative estimate of drug-likeness (QED) is 0.719. The first-order chi connectivity index (χ1) is 9.04. The highest BCUT2D eigenvalue weighted by atomic mass is 79.9. The van der Waals surface area contributed by atoms with E-state index in [1.54, 1.807) is 12.1 Å². The summed E-state index contributed by atoms with van der Waals surface area (Å²) in [6, 6.07) is 6.23. The van der Waals surface area contributed by atoms with Gasteiger partial charge < -0.3 is 5.32 Å². The fraction of sp³-hybridized carbons (Fsp3) is 0.231. The van der Waals surface area contributed by atoms with E-state index in [2.05, 4.69) is 21.2 Å². The molecule has 0 saturated carbocycles. The maximum atomic E-state index is 14.1. The Balaban J connectivity index is 2.51. The summed E-state index contributed by atoms with van der Waals surface area (Å²) in [6.07, 6.45) is 0. The molecule has 0 bridgehead atoms. The maximum absolute atomic E-state index is 14.1. The molecule has 0 aliphatic carbocycles. The van der Waals surface area contributed by atoms with Crippen molar-refractivity contribution in [3.05, 3.63) is 54.4 Å². The topological polar surface area (TPSA) is 12.0 Å². The molecule has 2 aromatic rings. The van der Waals surface area contributed by atoms with Crippen LogP contribution >= 0.6 is 50.5 Å². The van der Waals surface area contributed by atoms with E-state index in [9.17, 15) is 4.39 Å². The van der Waals surface area contributed by atoms with Crippen molar-refractivity contribution in [2.75, 3.05) is 6.54 Å². The van der Waals surface area contributed by atoms with Gasteiger partial charge in [-0.25, -0.2) is 4.39 Å². The van der Waals surface area contributed by atoms with E-state index in [0.717, 1.165) is 8.66 Å². The summed E-state index contributed by atoms with van der Waals surface area (Å²) in [5.41, 5.74) is 0.455. The van der Waals surface area contributed by atoms with Gasteiger partial charge in [-0.3, -0.25) is 0 Å². The SMILES string of the molecule is CCNC(c1cc(Cl)c(Br)s1)c1c(F)cccc1Cl. The third-order valence-electron chi connectivity index (χ3n) is 2.65. The molecule has 1 aromatic heterocycles. The smallest absolute Gasteiger partial charge is 0.129 e. The Bertz CT molecular complexity index is 548. The van der Waals surface area contributed by atoms with Gasteiger partial charge in [0.15, 0.2) is 0 Å². The number of nitrogens with one attached hydrogen (secondary N) is 1. The second-order valence-corrected chi connectivity index (χ2v) is 7.11. The van der Waals surface area contributed by atoms with Crippen molar-refractivity contribution in [1.29, 1.82) is 0 Å². The van der Waals surface area contributed by atoms with Crippen LogP contribution < -0.4 is 5.32 Å². The number of hydrogen-bond acceptors (Lipinski definition) is 2. The fourth-order valence-corrected chi connectivity index (χ4v) is 3.95. The van der Waals surface area contributed by atoms with Gasteiger partial charge in [-0.1, -0.05) is 36.2 Å². The lowest BCUT2D eigenvalue weighted by Gasteiger charge is -2.18. The lowest BCUT2D eigenvalue weighted by molar-refractivity contribution is 0.563. The molecule has 1 N–H and O–H groups in total. The molecule has 0 saturated heterocycles. The van der Waals surface area contributed by atoms with E-state index in [1.807, 2.05) is 13.0 Å². The molecule has 102 valence electrons. The molecule has 6 heteroatoms. The lowest BCUT2D eigenvalue weighted by Crippen LogP contribution is -2.22. The number of rotatable bonds is 4. The Hall–Kier alpha value is -0.130. The summed E-state index contributed by atoms with van der Waals surface area (Å²) < 4.78 is 14.9. The van der Waals surface area contributed by atoms with Gasteiger partial charge in [-0.05, 0) is 40.7 Å². The van der Waals surface area contributed by atoms with Crippen LogP contribution in [-0.2, 0) is 0 Å². The Labute approximate surface area is 133 Å². The summed E-state index contributed by atoms with van der Waals surface area (Å²) in [5, 5.41) is 4.27. The van der Waals surface area contributed by atoms with Crippen LogP contribution in [-0.4, -0.2) is 6.54 Å². The first-order valence-electron chi connectivity index (χ1n) is 5.66. The van der Waals surface area contributed by atoms with Crippen molar-refractivity contribution in [3.8, 4) is 0 Å². The van der Waals surface area contributed by atoms with Crippen molar-refractivity contribution in [2.24, 2.45) is 0 Å². The van der Waals surface area contributed by atoms with E-state index >= 15 is 0 Å². The maximum Gasteiger partial charge on any atom is 0.129 e. The highest BCUT2D eigenvalue weighted by Gasteiger charge is 2.22. The van der Waals surface area contributed by atoms with Crippen molar-refractivity contribution < 1.29 is 4.39 Å². The van der Waals surface area contributed by atoms with Crippen LogP contribution in [0.1, 0.15) is 23.4 Å². The first kappa shape index (κ1) is 15.3. The first-order valence-corrected chi connectivity index (χ1v) is 8.03. The third kappa shape index (κ3) is 3.31. The van der Waals surface area contributed by atoms with Crippen LogP contribution in [0.3, 0.4) is 0 Å². The minimum absolute atomic E-state index is 0.299. The van der Waals surface area contributed by atoms with Crippen molar-refractivity contribution in [1.82, 2.24) is 5.32 Å². The molecule has 0 aliphatic heterocycles. The van der Waals surface area contributed by atoms with E-state index in [-0.39, 0.29) is 11.9 Å². The van der Waals surface area contributed by atoms with Gasteiger partial charge in [0.2, 0.25) is 0 Å². The zero-order valence-corrected chi connectivity index (χ0v) is 13.9. The van der Waals surface area contributed by atoms with Crippen molar-refractivity contribution in [2.45, 2.75) is 13.0 Å². The minimum Gasteiger partial charge on any atom is -0.306 e. The van der Waals surface area contributed by atoms with E-state index < -0.39 is 0 Å². The van der Waals surface area contributed by atoms with E-state index in [0.29, 0.717) is 22.2 Å². The third-order valence-corrected chi connectivity index (χ3v) is 5.51. The van der Waals surface area contributed by atoms with Gasteiger partial charge >= 0.3 is 0 Å². The molecule has 1 nitrogen and oxygen atoms in total. The van der Waals surface area contributed by atoms with Crippen LogP contribution in [0.5, 0.6) is 0 Å². The summed E-state index contributed by atoms with van der Waals surface area (Å²) in [4.78, 5) is 0.922. The molecular weight excluding hydrogens is 372 g/mol. The molecule has 1 aromatic carbocycles. The highest BCUT2D eigenvalue weighted by Crippen LogP contribution is 2.39. The number of halogens is 4. The van der Waals surface area contributed by atoms with Crippen molar-refractivity contribution >= 4 is 50.5 Å². The minimum atomic E-state index is -0.320. The van der Waals surface area contributed by atoms with Gasteiger partial charge in [-0.15, -0.1) is 11.3 Å². The fourth-order valence-electron chi connectivity index (χ4n) is 1.84. The van der Waals surface area contributed by atoms with Crippen LogP contribution in [0.2, 0.25) is 10.0 Å². The normalized spacial score (nSPS) is 12.7. The van der Waals surface area contributed by atoms with Crippen LogP contribution in [0.25, 0.3) is 0 Å². The summed E-state index contributed by atoms with van der Waals surface area (Å²) >= 11 is 17.0. The highest BCUT2D eigenvalue weighted by molar-refractivity contribution is 9.11. The molecule has 0 fully saturated rings. The lowest BCUT2D eigenvalue weighted by atomic mass is 10.0. The Morgan fingerprint density at radius 1 is 1.37 bits per heavy atom. The Morgan fingerprint density at radius 3 is 2.63 bits per heavy atom. The average Bonchev–Trinajstić information content (AvgIpc) is 2.68. The van der Waals surface area contributed by atoms with Crippen molar-refractivity contribution in [3.63, 3.8) is 0 Å². The number of thiophene rings is 1. The second kappa shape index (κ2) is 6.55. The molecule has 0 radical (unpaired) electrons. The number of benzene rings is 1. The summed E-state index contributed by atoms with van der Waals surface area (Å²) in [5.74, 6) is -0.320. The standard InChI is InChI=1S/C13H11BrCl2FNS/c1-2-18-12(10-6-8(16)13(14)19-10)11-7(15)4-3-5-9(11)17/h3-6,12,18H,2H2,1H3. The van der Waals surface area contributed by atoms with Gasteiger partial charge in [0.05, 0.1) is 14.9 Å². The van der Waals surface area contributed by atoms with Gasteiger partial charge in [0.1, 0.15) is 5.82 Å². The second-order valence-electron chi connectivity index (χ2n) is 3.90. The van der Waals surface area contributed by atoms with Crippen LogP contribution in [0.4, 0.5) is 4.39 Å². The average molecular weight is 383 g/mol. The van der Waals surface area contributed by atoms with Gasteiger partial charge in [0, 0.05) is 15.5 Å². The summed E-state index contributed by atoms with van der Waals surface area (Å²) in [6.45, 7) is 2.66. The molecule has 0 amide bonds. The monoisotopic (exact) mass is 381 g/mol. The van der Waals surface area contributed by atoms with Gasteiger partial charge in [-0.2, -0.15) is 0 Å². The predicted octanol–water partition coefficient (Wildman–Crippen LogP) is 5.66. The van der Waals surface area contributed by atoms with Crippen LogP contribution in [0, 0.1) is 5.82 Å². The predicted molar refractivity (Wildman–Crippen MR) is 84.0 cm³/mol. The Morgan fingerprint density at radius 2 is 2.11 bits per heavy atom. The molecule has 1 unspecified atom stereocenters. The van der Waals surface area contributed by atoms with Gasteiger partial charge in [0.25, 0.3) is 0 Å². The zero-order chi connectivity index (χ0) is 14.0. The van der Waals surface area contributed by atoms with Crippen LogP contribution in [0.15, 0.2) is 28.1 Å². The molecule has 1 heterocycles. The molecule has 1 atom stereocenters. The van der Waals surface area contributed by atoms with E-state index in [4.69, 9.17) is 23.2 Å². The number of hydrogen-bond donors (Lipinski definition) is 1. The molecule has 19 heavy (non-hydrogen) atoms. The molecule has 0 spiro atoms. The summed E-state index contributed by atoms with van der Waals surface area (Å²) in [7, 11) is 0. The zero-order valence-electron chi connectivity index (χ0n) is 10.0. The van der Waals surface area contributed by atoms with E-state index in [1.165, 1.54) is 17.4 Å². The molecule has 2 rings (SSSR count). The largest absolute Gasteiger partial charge is 0.306 e. The Kier molecular flexibility index (Phi) is 5.26.